The Morgan fingerprint density at radius 1 is 0.893 bits per heavy atom. The van der Waals surface area contributed by atoms with E-state index < -0.39 is 0 Å². The second kappa shape index (κ2) is 7.48. The Balaban J connectivity index is 1.64. The molecule has 0 aliphatic heterocycles. The lowest BCUT2D eigenvalue weighted by Crippen LogP contribution is -2.13. The van der Waals surface area contributed by atoms with E-state index in [4.69, 9.17) is 4.52 Å². The van der Waals surface area contributed by atoms with E-state index in [-0.39, 0.29) is 5.91 Å². The number of hydrogen-bond donors (Lipinski definition) is 1. The third kappa shape index (κ3) is 3.55. The number of hydrogen-bond acceptors (Lipinski definition) is 4. The molecule has 5 nitrogen and oxygen atoms in total. The van der Waals surface area contributed by atoms with Crippen molar-refractivity contribution < 1.29 is 9.32 Å². The van der Waals surface area contributed by atoms with Crippen molar-refractivity contribution in [2.45, 2.75) is 13.8 Å². The van der Waals surface area contributed by atoms with Gasteiger partial charge in [-0.25, -0.2) is 0 Å². The third-order valence-corrected chi connectivity index (χ3v) is 4.53. The minimum atomic E-state index is -0.177. The molecule has 0 atom stereocenters. The highest BCUT2D eigenvalue weighted by molar-refractivity contribution is 6.06. The molecular formula is C23H19N3O2. The lowest BCUT2D eigenvalue weighted by molar-refractivity contribution is 0.102. The van der Waals surface area contributed by atoms with Gasteiger partial charge in [0.2, 0.25) is 5.82 Å². The third-order valence-electron chi connectivity index (χ3n) is 4.53. The van der Waals surface area contributed by atoms with Crippen LogP contribution in [0.1, 0.15) is 21.5 Å². The molecule has 0 unspecified atom stereocenters. The van der Waals surface area contributed by atoms with Crippen LogP contribution in [0.3, 0.4) is 0 Å². The molecule has 0 radical (unpaired) electrons. The number of rotatable bonds is 4. The zero-order valence-electron chi connectivity index (χ0n) is 15.6. The summed E-state index contributed by atoms with van der Waals surface area (Å²) in [5.74, 6) is 0.690. The number of amides is 1. The molecule has 0 saturated heterocycles. The largest absolute Gasteiger partial charge is 0.334 e. The number of aryl methyl sites for hydroxylation is 2. The summed E-state index contributed by atoms with van der Waals surface area (Å²) in [6.07, 6.45) is 0. The normalized spacial score (nSPS) is 10.6. The van der Waals surface area contributed by atoms with Crippen molar-refractivity contribution in [1.29, 1.82) is 0 Å². The average Bonchev–Trinajstić information content (AvgIpc) is 3.19. The van der Waals surface area contributed by atoms with E-state index in [2.05, 4.69) is 15.5 Å². The van der Waals surface area contributed by atoms with Gasteiger partial charge in [-0.1, -0.05) is 65.3 Å². The molecule has 1 amide bonds. The fourth-order valence-corrected chi connectivity index (χ4v) is 2.95. The van der Waals surface area contributed by atoms with Crippen molar-refractivity contribution in [3.8, 4) is 22.8 Å². The van der Waals surface area contributed by atoms with Crippen LogP contribution in [0.5, 0.6) is 0 Å². The van der Waals surface area contributed by atoms with Gasteiger partial charge in [-0.3, -0.25) is 4.79 Å². The number of nitrogens with zero attached hydrogens (tertiary/aromatic N) is 2. The maximum absolute atomic E-state index is 12.7. The first-order valence-corrected chi connectivity index (χ1v) is 8.99. The van der Waals surface area contributed by atoms with E-state index in [1.807, 2.05) is 80.6 Å². The fourth-order valence-electron chi connectivity index (χ4n) is 2.95. The molecule has 1 heterocycles. The zero-order chi connectivity index (χ0) is 19.5. The molecule has 1 N–H and O–H groups in total. The summed E-state index contributed by atoms with van der Waals surface area (Å²) in [6, 6.07) is 22.8. The lowest BCUT2D eigenvalue weighted by Gasteiger charge is -2.10. The Morgan fingerprint density at radius 3 is 2.39 bits per heavy atom. The molecule has 0 aliphatic carbocycles. The highest BCUT2D eigenvalue weighted by Crippen LogP contribution is 2.29. The standard InChI is InChI=1S/C23H19N3O2/c1-15-11-13-17(14-12-15)21-25-23(28-26-21)19-9-5-6-10-20(19)24-22(27)18-8-4-3-7-16(18)2/h3-14H,1-2H3,(H,24,27). The highest BCUT2D eigenvalue weighted by Gasteiger charge is 2.16. The van der Waals surface area contributed by atoms with Crippen LogP contribution >= 0.6 is 0 Å². The molecule has 28 heavy (non-hydrogen) atoms. The minimum absolute atomic E-state index is 0.177. The van der Waals surface area contributed by atoms with Crippen LogP contribution in [-0.4, -0.2) is 16.0 Å². The van der Waals surface area contributed by atoms with Crippen LogP contribution < -0.4 is 5.32 Å². The van der Waals surface area contributed by atoms with Gasteiger partial charge in [0.15, 0.2) is 0 Å². The second-order valence-corrected chi connectivity index (χ2v) is 6.60. The summed E-state index contributed by atoms with van der Waals surface area (Å²) in [5.41, 5.74) is 4.88. The van der Waals surface area contributed by atoms with Gasteiger partial charge in [0.05, 0.1) is 11.3 Å². The summed E-state index contributed by atoms with van der Waals surface area (Å²) < 4.78 is 5.47. The predicted octanol–water partition coefficient (Wildman–Crippen LogP) is 5.27. The lowest BCUT2D eigenvalue weighted by atomic mass is 10.1. The summed E-state index contributed by atoms with van der Waals surface area (Å²) in [7, 11) is 0. The average molecular weight is 369 g/mol. The molecule has 0 spiro atoms. The highest BCUT2D eigenvalue weighted by atomic mass is 16.5. The Labute approximate surface area is 163 Å². The van der Waals surface area contributed by atoms with Gasteiger partial charge >= 0.3 is 0 Å². The minimum Gasteiger partial charge on any atom is -0.334 e. The number of nitrogens with one attached hydrogen (secondary N) is 1. The van der Waals surface area contributed by atoms with E-state index in [1.54, 1.807) is 6.07 Å². The molecule has 138 valence electrons. The van der Waals surface area contributed by atoms with Crippen LogP contribution in [-0.2, 0) is 0 Å². The van der Waals surface area contributed by atoms with Crippen molar-refractivity contribution in [2.75, 3.05) is 5.32 Å². The van der Waals surface area contributed by atoms with Crippen molar-refractivity contribution >= 4 is 11.6 Å². The van der Waals surface area contributed by atoms with E-state index in [0.29, 0.717) is 28.5 Å². The van der Waals surface area contributed by atoms with Gasteiger partial charge in [0.25, 0.3) is 11.8 Å². The molecular weight excluding hydrogens is 350 g/mol. The van der Waals surface area contributed by atoms with Gasteiger partial charge < -0.3 is 9.84 Å². The molecule has 0 saturated carbocycles. The first kappa shape index (κ1) is 17.7. The molecule has 1 aromatic heterocycles. The molecule has 4 rings (SSSR count). The Hall–Kier alpha value is -3.73. The van der Waals surface area contributed by atoms with Gasteiger partial charge in [-0.2, -0.15) is 4.98 Å². The van der Waals surface area contributed by atoms with Crippen LogP contribution in [0.4, 0.5) is 5.69 Å². The van der Waals surface area contributed by atoms with Crippen molar-refractivity contribution in [3.05, 3.63) is 89.5 Å². The van der Waals surface area contributed by atoms with E-state index >= 15 is 0 Å². The number of anilines is 1. The maximum Gasteiger partial charge on any atom is 0.260 e. The summed E-state index contributed by atoms with van der Waals surface area (Å²) >= 11 is 0. The van der Waals surface area contributed by atoms with E-state index in [1.165, 1.54) is 0 Å². The Morgan fingerprint density at radius 2 is 1.61 bits per heavy atom. The zero-order valence-corrected chi connectivity index (χ0v) is 15.6. The molecule has 5 heteroatoms. The van der Waals surface area contributed by atoms with Crippen LogP contribution in [0, 0.1) is 13.8 Å². The number of carbonyl (C=O) groups excluding carboxylic acids is 1. The van der Waals surface area contributed by atoms with Gasteiger partial charge in [0, 0.05) is 11.1 Å². The summed E-state index contributed by atoms with van der Waals surface area (Å²) in [4.78, 5) is 17.2. The van der Waals surface area contributed by atoms with Crippen molar-refractivity contribution in [1.82, 2.24) is 10.1 Å². The molecule has 4 aromatic rings. The van der Waals surface area contributed by atoms with E-state index in [0.717, 1.165) is 16.7 Å². The van der Waals surface area contributed by atoms with E-state index in [9.17, 15) is 4.79 Å². The van der Waals surface area contributed by atoms with Gasteiger partial charge in [-0.15, -0.1) is 0 Å². The first-order valence-electron chi connectivity index (χ1n) is 8.99. The Bertz CT molecular complexity index is 1130. The predicted molar refractivity (Wildman–Crippen MR) is 109 cm³/mol. The molecule has 0 aliphatic rings. The SMILES string of the molecule is Cc1ccc(-c2noc(-c3ccccc3NC(=O)c3ccccc3C)n2)cc1. The Kier molecular flexibility index (Phi) is 4.72. The van der Waals surface area contributed by atoms with Crippen LogP contribution in [0.25, 0.3) is 22.8 Å². The fraction of sp³-hybridized carbons (Fsp3) is 0.0870. The number of para-hydroxylation sites is 1. The van der Waals surface area contributed by atoms with Crippen LogP contribution in [0.2, 0.25) is 0 Å². The monoisotopic (exact) mass is 369 g/mol. The number of aromatic nitrogens is 2. The smallest absolute Gasteiger partial charge is 0.260 e. The summed E-state index contributed by atoms with van der Waals surface area (Å²) in [6.45, 7) is 3.94. The first-order chi connectivity index (χ1) is 13.6. The van der Waals surface area contributed by atoms with Crippen molar-refractivity contribution in [3.63, 3.8) is 0 Å². The topological polar surface area (TPSA) is 68.0 Å². The van der Waals surface area contributed by atoms with Crippen molar-refractivity contribution in [2.24, 2.45) is 0 Å². The number of benzene rings is 3. The maximum atomic E-state index is 12.7. The molecule has 0 fully saturated rings. The quantitative estimate of drug-likeness (QED) is 0.532. The van der Waals surface area contributed by atoms with Gasteiger partial charge in [-0.05, 0) is 37.6 Å². The number of carbonyl (C=O) groups is 1. The van der Waals surface area contributed by atoms with Gasteiger partial charge in [0.1, 0.15) is 0 Å². The molecule has 0 bridgehead atoms. The van der Waals surface area contributed by atoms with Crippen LogP contribution in [0.15, 0.2) is 77.3 Å². The second-order valence-electron chi connectivity index (χ2n) is 6.60. The summed E-state index contributed by atoms with van der Waals surface area (Å²) in [5, 5.41) is 7.04. The molecule has 3 aromatic carbocycles.